The molecule has 0 saturated carbocycles. The molecule has 0 radical (unpaired) electrons. The van der Waals surface area contributed by atoms with E-state index in [4.69, 9.17) is 4.98 Å². The molecule has 2 aromatic heterocycles. The average molecular weight is 342 g/mol. The Hall–Kier alpha value is -1.59. The molecule has 0 N–H and O–H groups in total. The first-order chi connectivity index (χ1) is 11.3. The molecule has 5 heteroatoms. The maximum atomic E-state index is 12.8. The highest BCUT2D eigenvalue weighted by Gasteiger charge is 2.23. The molecule has 1 aromatic carbocycles. The van der Waals surface area contributed by atoms with Crippen LogP contribution in [-0.4, -0.2) is 15.3 Å². The van der Waals surface area contributed by atoms with Gasteiger partial charge in [0.25, 0.3) is 0 Å². The lowest BCUT2D eigenvalue weighted by molar-refractivity contribution is 0.910. The molecular formula is C18H18N2OS2. The molecule has 0 atom stereocenters. The Kier molecular flexibility index (Phi) is 3.99. The van der Waals surface area contributed by atoms with Crippen molar-refractivity contribution in [3.05, 3.63) is 51.0 Å². The second kappa shape index (κ2) is 6.13. The molecule has 0 unspecified atom stereocenters. The number of fused-ring (bicyclic) bond motifs is 2. The van der Waals surface area contributed by atoms with E-state index in [1.54, 1.807) is 23.1 Å². The van der Waals surface area contributed by atoms with Crippen LogP contribution < -0.4 is 5.43 Å². The van der Waals surface area contributed by atoms with E-state index in [-0.39, 0.29) is 5.43 Å². The molecule has 0 aliphatic heterocycles. The smallest absolute Gasteiger partial charge is 0.211 e. The number of para-hydroxylation sites is 1. The van der Waals surface area contributed by atoms with Gasteiger partial charge in [-0.1, -0.05) is 36.9 Å². The van der Waals surface area contributed by atoms with Crippen molar-refractivity contribution < 1.29 is 0 Å². The molecule has 1 aliphatic carbocycles. The maximum Gasteiger partial charge on any atom is 0.211 e. The van der Waals surface area contributed by atoms with E-state index in [0.29, 0.717) is 5.52 Å². The Balaban J connectivity index is 2.01. The monoisotopic (exact) mass is 342 g/mol. The minimum Gasteiger partial charge on any atom is -0.287 e. The largest absolute Gasteiger partial charge is 0.287 e. The Labute approximate surface area is 143 Å². The summed E-state index contributed by atoms with van der Waals surface area (Å²) in [7, 11) is 0. The van der Waals surface area contributed by atoms with Gasteiger partial charge in [0, 0.05) is 21.9 Å². The van der Waals surface area contributed by atoms with Crippen molar-refractivity contribution in [3.8, 4) is 5.69 Å². The fourth-order valence-corrected chi connectivity index (χ4v) is 5.29. The minimum atomic E-state index is 0.152. The summed E-state index contributed by atoms with van der Waals surface area (Å²) in [6.07, 6.45) is 4.13. The van der Waals surface area contributed by atoms with Crippen LogP contribution in [0.2, 0.25) is 0 Å². The number of hydrogen-bond acceptors (Lipinski definition) is 4. The minimum absolute atomic E-state index is 0.152. The second-order valence-electron chi connectivity index (χ2n) is 5.75. The quantitative estimate of drug-likeness (QED) is 0.658. The van der Waals surface area contributed by atoms with E-state index in [0.717, 1.165) is 52.7 Å². The van der Waals surface area contributed by atoms with Gasteiger partial charge in [0.05, 0.1) is 0 Å². The Morgan fingerprint density at radius 2 is 2.09 bits per heavy atom. The van der Waals surface area contributed by atoms with E-state index in [2.05, 4.69) is 23.6 Å². The van der Waals surface area contributed by atoms with Crippen LogP contribution in [0.1, 0.15) is 30.2 Å². The second-order valence-corrected chi connectivity index (χ2v) is 7.90. The molecule has 0 bridgehead atoms. The molecule has 23 heavy (non-hydrogen) atoms. The van der Waals surface area contributed by atoms with E-state index in [1.807, 2.05) is 18.2 Å². The number of imidazole rings is 1. The van der Waals surface area contributed by atoms with Crippen molar-refractivity contribution in [2.75, 3.05) is 5.75 Å². The van der Waals surface area contributed by atoms with Gasteiger partial charge in [-0.25, -0.2) is 4.98 Å². The normalized spacial score (nSPS) is 13.6. The molecule has 0 spiro atoms. The first kappa shape index (κ1) is 15.0. The van der Waals surface area contributed by atoms with Crippen LogP contribution in [0.5, 0.6) is 0 Å². The average Bonchev–Trinajstić information content (AvgIpc) is 3.18. The summed E-state index contributed by atoms with van der Waals surface area (Å²) in [5.74, 6) is 1.01. The molecule has 3 aromatic rings. The number of aryl methyl sites for hydroxylation is 1. The van der Waals surface area contributed by atoms with Crippen LogP contribution in [-0.2, 0) is 12.8 Å². The number of hydrogen-bond donors (Lipinski definition) is 0. The number of nitrogens with zero attached hydrogens (tertiary/aromatic N) is 2. The van der Waals surface area contributed by atoms with Gasteiger partial charge in [-0.15, -0.1) is 11.3 Å². The first-order valence-corrected chi connectivity index (χ1v) is 9.85. The number of thioether (sulfide) groups is 1. The third-order valence-corrected chi connectivity index (χ3v) is 6.54. The molecule has 3 nitrogen and oxygen atoms in total. The highest BCUT2D eigenvalue weighted by molar-refractivity contribution is 7.99. The summed E-state index contributed by atoms with van der Waals surface area (Å²) in [6.45, 7) is 2.17. The fourth-order valence-electron chi connectivity index (χ4n) is 3.05. The molecule has 1 aliphatic rings. The number of rotatable bonds is 4. The molecule has 0 amide bonds. The van der Waals surface area contributed by atoms with Gasteiger partial charge >= 0.3 is 0 Å². The number of benzene rings is 1. The molecule has 0 saturated heterocycles. The maximum absolute atomic E-state index is 12.8. The lowest BCUT2D eigenvalue weighted by atomic mass is 10.2. The summed E-state index contributed by atoms with van der Waals surface area (Å²) in [5, 5.41) is 0.935. The summed E-state index contributed by atoms with van der Waals surface area (Å²) >= 11 is 3.49. The van der Waals surface area contributed by atoms with E-state index in [9.17, 15) is 4.79 Å². The van der Waals surface area contributed by atoms with Crippen LogP contribution in [0.4, 0.5) is 0 Å². The fraction of sp³-hybridized carbons (Fsp3) is 0.333. The van der Waals surface area contributed by atoms with Crippen molar-refractivity contribution >= 4 is 33.4 Å². The molecule has 2 heterocycles. The Bertz CT molecular complexity index is 912. The van der Waals surface area contributed by atoms with Crippen LogP contribution in [0.25, 0.3) is 16.0 Å². The molecule has 4 rings (SSSR count). The third-order valence-electron chi connectivity index (χ3n) is 4.13. The molecular weight excluding hydrogens is 324 g/mol. The zero-order valence-corrected chi connectivity index (χ0v) is 14.7. The topological polar surface area (TPSA) is 34.9 Å². The van der Waals surface area contributed by atoms with Gasteiger partial charge in [-0.05, 0) is 37.8 Å². The SMILES string of the molecule is CCCSc1nc2c(=O)c3c(sc2n1-c1ccccc1)CCC3. The predicted molar refractivity (Wildman–Crippen MR) is 98.3 cm³/mol. The third kappa shape index (κ3) is 2.52. The summed E-state index contributed by atoms with van der Waals surface area (Å²) in [6, 6.07) is 10.3. The lowest BCUT2D eigenvalue weighted by Crippen LogP contribution is -2.07. The lowest BCUT2D eigenvalue weighted by Gasteiger charge is -2.08. The standard InChI is InChI=1S/C18H18N2OS2/c1-2-11-22-18-19-15-16(21)13-9-6-10-14(13)23-17(15)20(18)12-7-4-3-5-8-12/h3-5,7-8H,2,6,9-11H2,1H3. The predicted octanol–water partition coefficient (Wildman–Crippen LogP) is 4.44. The van der Waals surface area contributed by atoms with Crippen molar-refractivity contribution in [2.24, 2.45) is 0 Å². The van der Waals surface area contributed by atoms with Crippen molar-refractivity contribution in [1.82, 2.24) is 9.55 Å². The van der Waals surface area contributed by atoms with E-state index >= 15 is 0 Å². The zero-order valence-electron chi connectivity index (χ0n) is 13.0. The van der Waals surface area contributed by atoms with Gasteiger partial charge in [-0.2, -0.15) is 0 Å². The van der Waals surface area contributed by atoms with Crippen molar-refractivity contribution in [2.45, 2.75) is 37.8 Å². The van der Waals surface area contributed by atoms with Crippen LogP contribution in [0.15, 0.2) is 40.3 Å². The van der Waals surface area contributed by atoms with Gasteiger partial charge in [0.15, 0.2) is 5.16 Å². The van der Waals surface area contributed by atoms with Crippen molar-refractivity contribution in [3.63, 3.8) is 0 Å². The van der Waals surface area contributed by atoms with E-state index < -0.39 is 0 Å². The van der Waals surface area contributed by atoms with Crippen LogP contribution in [0, 0.1) is 0 Å². The van der Waals surface area contributed by atoms with Crippen LogP contribution in [0.3, 0.4) is 0 Å². The highest BCUT2D eigenvalue weighted by Crippen LogP contribution is 2.33. The molecule has 0 fully saturated rings. The zero-order chi connectivity index (χ0) is 15.8. The summed E-state index contributed by atoms with van der Waals surface area (Å²) in [5.41, 5.74) is 2.90. The van der Waals surface area contributed by atoms with Gasteiger partial charge < -0.3 is 0 Å². The Morgan fingerprint density at radius 1 is 1.26 bits per heavy atom. The van der Waals surface area contributed by atoms with Crippen LogP contribution >= 0.6 is 23.1 Å². The number of aromatic nitrogens is 2. The van der Waals surface area contributed by atoms with Crippen molar-refractivity contribution in [1.29, 1.82) is 0 Å². The highest BCUT2D eigenvalue weighted by atomic mass is 32.2. The first-order valence-electron chi connectivity index (χ1n) is 8.05. The van der Waals surface area contributed by atoms with E-state index in [1.165, 1.54) is 4.88 Å². The van der Waals surface area contributed by atoms with Gasteiger partial charge in [-0.3, -0.25) is 9.36 Å². The summed E-state index contributed by atoms with van der Waals surface area (Å²) < 4.78 is 2.17. The summed E-state index contributed by atoms with van der Waals surface area (Å²) in [4.78, 5) is 19.8. The van der Waals surface area contributed by atoms with Gasteiger partial charge in [0.2, 0.25) is 5.43 Å². The molecule has 118 valence electrons. The van der Waals surface area contributed by atoms with Gasteiger partial charge in [0.1, 0.15) is 10.3 Å². The Morgan fingerprint density at radius 3 is 2.87 bits per heavy atom.